The molecule has 1 saturated heterocycles. The van der Waals surface area contributed by atoms with E-state index in [1.54, 1.807) is 7.05 Å². The van der Waals surface area contributed by atoms with Crippen molar-refractivity contribution in [3.63, 3.8) is 0 Å². The van der Waals surface area contributed by atoms with Crippen LogP contribution in [0.25, 0.3) is 0 Å². The number of anilines is 1. The number of aryl methyl sites for hydroxylation is 2. The van der Waals surface area contributed by atoms with Gasteiger partial charge in [0.05, 0.1) is 0 Å². The van der Waals surface area contributed by atoms with Crippen LogP contribution in [0.15, 0.2) is 29.4 Å². The maximum Gasteiger partial charge on any atom is 0.435 e. The molecule has 9 heteroatoms. The van der Waals surface area contributed by atoms with Crippen LogP contribution in [0.3, 0.4) is 0 Å². The van der Waals surface area contributed by atoms with Gasteiger partial charge in [0.1, 0.15) is 0 Å². The average molecular weight is 408 g/mol. The topological polar surface area (TPSA) is 48.7 Å². The fourth-order valence-electron chi connectivity index (χ4n) is 3.65. The van der Waals surface area contributed by atoms with Gasteiger partial charge in [0.15, 0.2) is 11.7 Å². The second kappa shape index (κ2) is 8.34. The third-order valence-corrected chi connectivity index (χ3v) is 5.32. The van der Waals surface area contributed by atoms with Crippen molar-refractivity contribution in [3.8, 4) is 0 Å². The van der Waals surface area contributed by atoms with Gasteiger partial charge in [0, 0.05) is 64.3 Å². The van der Waals surface area contributed by atoms with E-state index in [0.717, 1.165) is 26.2 Å². The maximum absolute atomic E-state index is 13.1. The molecule has 1 aromatic heterocycles. The lowest BCUT2D eigenvalue weighted by molar-refractivity contribution is -0.142. The predicted molar refractivity (Wildman–Crippen MR) is 108 cm³/mol. The molecule has 0 atom stereocenters. The van der Waals surface area contributed by atoms with Gasteiger partial charge in [-0.15, -0.1) is 0 Å². The first-order valence-electron chi connectivity index (χ1n) is 9.57. The van der Waals surface area contributed by atoms with E-state index in [4.69, 9.17) is 0 Å². The third-order valence-electron chi connectivity index (χ3n) is 5.32. The minimum absolute atomic E-state index is 0.0204. The maximum atomic E-state index is 13.1. The molecule has 0 aliphatic carbocycles. The van der Waals surface area contributed by atoms with Crippen LogP contribution in [-0.2, 0) is 19.8 Å². The Morgan fingerprint density at radius 2 is 1.86 bits per heavy atom. The fraction of sp³-hybridized carbons (Fsp3) is 0.500. The molecule has 0 radical (unpaired) electrons. The number of guanidine groups is 1. The van der Waals surface area contributed by atoms with Crippen molar-refractivity contribution in [2.45, 2.75) is 26.6 Å². The van der Waals surface area contributed by atoms with Gasteiger partial charge in [-0.2, -0.15) is 18.3 Å². The summed E-state index contributed by atoms with van der Waals surface area (Å²) in [6.07, 6.45) is -3.08. The molecule has 1 fully saturated rings. The van der Waals surface area contributed by atoms with E-state index >= 15 is 0 Å². The summed E-state index contributed by atoms with van der Waals surface area (Å²) in [7, 11) is 3.13. The third kappa shape index (κ3) is 4.65. The lowest BCUT2D eigenvalue weighted by atomic mass is 10.1. The summed E-state index contributed by atoms with van der Waals surface area (Å²) in [6.45, 7) is 7.39. The highest BCUT2D eigenvalue weighted by molar-refractivity contribution is 5.80. The first-order valence-corrected chi connectivity index (χ1v) is 9.57. The monoisotopic (exact) mass is 408 g/mol. The number of hydrogen-bond acceptors (Lipinski definition) is 3. The van der Waals surface area contributed by atoms with Crippen molar-refractivity contribution in [2.24, 2.45) is 12.0 Å². The molecule has 1 aliphatic heterocycles. The Morgan fingerprint density at radius 1 is 1.17 bits per heavy atom. The van der Waals surface area contributed by atoms with E-state index in [1.807, 2.05) is 0 Å². The van der Waals surface area contributed by atoms with Crippen molar-refractivity contribution in [2.75, 3.05) is 38.1 Å². The van der Waals surface area contributed by atoms with Crippen LogP contribution in [0.5, 0.6) is 0 Å². The van der Waals surface area contributed by atoms with Gasteiger partial charge in [-0.3, -0.25) is 9.67 Å². The van der Waals surface area contributed by atoms with Crippen molar-refractivity contribution in [3.05, 3.63) is 46.8 Å². The summed E-state index contributed by atoms with van der Waals surface area (Å²) in [4.78, 5) is 8.68. The minimum atomic E-state index is -4.47. The average Bonchev–Trinajstić information content (AvgIpc) is 3.06. The molecule has 2 heterocycles. The first-order chi connectivity index (χ1) is 13.7. The van der Waals surface area contributed by atoms with Gasteiger partial charge in [-0.05, 0) is 31.0 Å². The molecule has 0 spiro atoms. The number of nitrogens with zero attached hydrogens (tertiary/aromatic N) is 5. The molecule has 158 valence electrons. The molecular formula is C20H27F3N6. The number of benzene rings is 1. The lowest BCUT2D eigenvalue weighted by Crippen LogP contribution is -2.52. The molecular weight excluding hydrogens is 381 g/mol. The smallest absolute Gasteiger partial charge is 0.368 e. The summed E-state index contributed by atoms with van der Waals surface area (Å²) in [6, 6.07) is 6.30. The first kappa shape index (κ1) is 21.0. The molecule has 6 nitrogen and oxygen atoms in total. The lowest BCUT2D eigenvalue weighted by Gasteiger charge is -2.38. The number of rotatable bonds is 3. The second-order valence-corrected chi connectivity index (χ2v) is 7.27. The van der Waals surface area contributed by atoms with E-state index < -0.39 is 11.9 Å². The Kier molecular flexibility index (Phi) is 6.04. The van der Waals surface area contributed by atoms with Gasteiger partial charge in [-0.25, -0.2) is 0 Å². The molecule has 1 N–H and O–H groups in total. The van der Waals surface area contributed by atoms with Gasteiger partial charge in [0.25, 0.3) is 0 Å². The number of piperazine rings is 1. The largest absolute Gasteiger partial charge is 0.435 e. The zero-order valence-corrected chi connectivity index (χ0v) is 17.2. The minimum Gasteiger partial charge on any atom is -0.368 e. The molecule has 0 bridgehead atoms. The molecule has 0 unspecified atom stereocenters. The quantitative estimate of drug-likeness (QED) is 0.627. The Balaban J connectivity index is 1.62. The van der Waals surface area contributed by atoms with E-state index in [2.05, 4.69) is 57.3 Å². The zero-order chi connectivity index (χ0) is 21.2. The van der Waals surface area contributed by atoms with E-state index in [9.17, 15) is 13.2 Å². The molecule has 1 aromatic carbocycles. The van der Waals surface area contributed by atoms with Crippen molar-refractivity contribution >= 4 is 11.6 Å². The number of halogens is 3. The van der Waals surface area contributed by atoms with Gasteiger partial charge < -0.3 is 15.1 Å². The summed E-state index contributed by atoms with van der Waals surface area (Å²) < 4.78 is 40.6. The standard InChI is InChI=1S/C20H27F3N6/c1-14-6-5-7-17(15(14)2)28-8-10-29(11-9-28)19(24-3)25-12-16-13-27(4)26-18(16)20(21,22)23/h5-7,13H,8-12H2,1-4H3,(H,24,25). The number of alkyl halides is 3. The van der Waals surface area contributed by atoms with Gasteiger partial charge in [-0.1, -0.05) is 12.1 Å². The molecule has 29 heavy (non-hydrogen) atoms. The Bertz CT molecular complexity index is 879. The van der Waals surface area contributed by atoms with Crippen LogP contribution in [0.2, 0.25) is 0 Å². The van der Waals surface area contributed by atoms with E-state index in [0.29, 0.717) is 5.96 Å². The Labute approximate surface area is 169 Å². The highest BCUT2D eigenvalue weighted by Gasteiger charge is 2.37. The Morgan fingerprint density at radius 3 is 2.48 bits per heavy atom. The van der Waals surface area contributed by atoms with E-state index in [1.165, 1.54) is 34.7 Å². The van der Waals surface area contributed by atoms with Crippen LogP contribution < -0.4 is 10.2 Å². The van der Waals surface area contributed by atoms with Crippen molar-refractivity contribution < 1.29 is 13.2 Å². The van der Waals surface area contributed by atoms with Crippen molar-refractivity contribution in [1.29, 1.82) is 0 Å². The molecule has 1 aliphatic rings. The van der Waals surface area contributed by atoms with Crippen LogP contribution >= 0.6 is 0 Å². The normalized spacial score (nSPS) is 15.8. The highest BCUT2D eigenvalue weighted by atomic mass is 19.4. The number of hydrogen-bond donors (Lipinski definition) is 1. The summed E-state index contributed by atoms with van der Waals surface area (Å²) in [5.41, 5.74) is 3.02. The molecule has 2 aromatic rings. The number of aliphatic imine (C=N–C) groups is 1. The van der Waals surface area contributed by atoms with Crippen LogP contribution in [0.4, 0.5) is 18.9 Å². The molecule has 0 saturated carbocycles. The zero-order valence-electron chi connectivity index (χ0n) is 17.2. The summed E-state index contributed by atoms with van der Waals surface area (Å²) in [5, 5.41) is 6.61. The molecule has 3 rings (SSSR count). The summed E-state index contributed by atoms with van der Waals surface area (Å²) >= 11 is 0. The van der Waals surface area contributed by atoms with Gasteiger partial charge in [0.2, 0.25) is 0 Å². The second-order valence-electron chi connectivity index (χ2n) is 7.27. The van der Waals surface area contributed by atoms with Crippen LogP contribution in [0.1, 0.15) is 22.4 Å². The predicted octanol–water partition coefficient (Wildman–Crippen LogP) is 2.95. The SMILES string of the molecule is CN=C(NCc1cn(C)nc1C(F)(F)F)N1CCN(c2cccc(C)c2C)CC1. The van der Waals surface area contributed by atoms with E-state index in [-0.39, 0.29) is 12.1 Å². The Hall–Kier alpha value is -2.71. The summed E-state index contributed by atoms with van der Waals surface area (Å²) in [5.74, 6) is 0.600. The van der Waals surface area contributed by atoms with Gasteiger partial charge >= 0.3 is 6.18 Å². The molecule has 0 amide bonds. The number of nitrogens with one attached hydrogen (secondary N) is 1. The van der Waals surface area contributed by atoms with Crippen LogP contribution in [0, 0.1) is 13.8 Å². The van der Waals surface area contributed by atoms with Crippen LogP contribution in [-0.4, -0.2) is 53.9 Å². The van der Waals surface area contributed by atoms with Crippen molar-refractivity contribution in [1.82, 2.24) is 20.0 Å². The highest BCUT2D eigenvalue weighted by Crippen LogP contribution is 2.30. The fourth-order valence-corrected chi connectivity index (χ4v) is 3.65. The number of aromatic nitrogens is 2.